The molecular weight excluding hydrogens is 478 g/mol. The van der Waals surface area contributed by atoms with Gasteiger partial charge in [-0.15, -0.1) is 11.3 Å². The fourth-order valence-corrected chi connectivity index (χ4v) is 5.98. The Kier molecular flexibility index (Phi) is 5.32. The lowest BCUT2D eigenvalue weighted by molar-refractivity contribution is -0.141. The van der Waals surface area contributed by atoms with Crippen LogP contribution in [0.3, 0.4) is 0 Å². The van der Waals surface area contributed by atoms with Crippen molar-refractivity contribution in [1.82, 2.24) is 4.90 Å². The molecule has 0 saturated carbocycles. The van der Waals surface area contributed by atoms with Gasteiger partial charge in [0.05, 0.1) is 9.70 Å². The highest BCUT2D eigenvalue weighted by molar-refractivity contribution is 9.11. The predicted molar refractivity (Wildman–Crippen MR) is 123 cm³/mol. The predicted octanol–water partition coefficient (Wildman–Crippen LogP) is 5.56. The summed E-state index contributed by atoms with van der Waals surface area (Å²) in [7, 11) is 0. The van der Waals surface area contributed by atoms with Crippen molar-refractivity contribution in [2.75, 3.05) is 19.7 Å². The number of rotatable bonds is 4. The van der Waals surface area contributed by atoms with E-state index in [4.69, 9.17) is 4.74 Å². The summed E-state index contributed by atoms with van der Waals surface area (Å²) in [5.74, 6) is -1.78. The number of fused-ring (bicyclic) bond motifs is 3. The largest absolute Gasteiger partial charge is 0.481 e. The standard InChI is InChI=1S/C24H20BrNO4S/c25-22-9-14(13-31-22)19-10-26(11-20(19)23(27)28)24(29)30-12-21-17-7-3-1-5-15(17)16-6-2-4-8-18(16)21/h1-9,13,19-21H,10-12H2,(H,27,28). The van der Waals surface area contributed by atoms with E-state index in [1.165, 1.54) is 27.4 Å². The molecule has 0 spiro atoms. The molecule has 2 unspecified atom stereocenters. The van der Waals surface area contributed by atoms with E-state index in [-0.39, 0.29) is 25.0 Å². The van der Waals surface area contributed by atoms with Crippen LogP contribution in [-0.2, 0) is 9.53 Å². The first-order valence-electron chi connectivity index (χ1n) is 10.1. The SMILES string of the molecule is O=C(O)C1CN(C(=O)OCC2c3ccccc3-c3ccccc32)CC1c1csc(Br)c1. The second-order valence-corrected chi connectivity index (χ2v) is 10.2. The number of carbonyl (C=O) groups is 2. The molecule has 1 aliphatic heterocycles. The molecule has 1 N–H and O–H groups in total. The average molecular weight is 498 g/mol. The van der Waals surface area contributed by atoms with Crippen molar-refractivity contribution < 1.29 is 19.4 Å². The van der Waals surface area contributed by atoms with E-state index in [1.54, 1.807) is 0 Å². The zero-order chi connectivity index (χ0) is 21.5. The number of nitrogens with zero attached hydrogens (tertiary/aromatic N) is 1. The first-order chi connectivity index (χ1) is 15.0. The van der Waals surface area contributed by atoms with E-state index in [2.05, 4.69) is 40.2 Å². The number of aliphatic carboxylic acids is 1. The highest BCUT2D eigenvalue weighted by atomic mass is 79.9. The number of likely N-dealkylation sites (tertiary alicyclic amines) is 1. The van der Waals surface area contributed by atoms with Crippen LogP contribution in [-0.4, -0.2) is 41.8 Å². The zero-order valence-electron chi connectivity index (χ0n) is 16.5. The maximum atomic E-state index is 12.9. The van der Waals surface area contributed by atoms with Gasteiger partial charge in [0.15, 0.2) is 0 Å². The number of ether oxygens (including phenoxy) is 1. The lowest BCUT2D eigenvalue weighted by Gasteiger charge is -2.19. The smallest absolute Gasteiger partial charge is 0.409 e. The minimum Gasteiger partial charge on any atom is -0.481 e. The normalized spacial score (nSPS) is 19.8. The van der Waals surface area contributed by atoms with E-state index in [0.29, 0.717) is 6.54 Å². The molecule has 1 fully saturated rings. The number of hydrogen-bond acceptors (Lipinski definition) is 4. The first kappa shape index (κ1) is 20.3. The van der Waals surface area contributed by atoms with Gasteiger partial charge in [-0.2, -0.15) is 0 Å². The summed E-state index contributed by atoms with van der Waals surface area (Å²) in [4.78, 5) is 26.2. The van der Waals surface area contributed by atoms with Crippen LogP contribution in [0.1, 0.15) is 28.5 Å². The Morgan fingerprint density at radius 2 is 1.71 bits per heavy atom. The summed E-state index contributed by atoms with van der Waals surface area (Å²) in [6.45, 7) is 0.733. The summed E-state index contributed by atoms with van der Waals surface area (Å²) < 4.78 is 6.68. The third kappa shape index (κ3) is 3.66. The summed E-state index contributed by atoms with van der Waals surface area (Å²) in [5, 5.41) is 11.6. The summed E-state index contributed by atoms with van der Waals surface area (Å²) in [5.41, 5.74) is 5.60. The number of hydrogen-bond donors (Lipinski definition) is 1. The van der Waals surface area contributed by atoms with Crippen LogP contribution in [0.5, 0.6) is 0 Å². The highest BCUT2D eigenvalue weighted by Crippen LogP contribution is 2.44. The molecule has 158 valence electrons. The molecule has 1 aromatic heterocycles. The molecule has 1 amide bonds. The molecule has 7 heteroatoms. The molecule has 31 heavy (non-hydrogen) atoms. The molecule has 1 saturated heterocycles. The zero-order valence-corrected chi connectivity index (χ0v) is 18.9. The third-order valence-electron chi connectivity index (χ3n) is 6.25. The van der Waals surface area contributed by atoms with Gasteiger partial charge in [-0.3, -0.25) is 4.79 Å². The topological polar surface area (TPSA) is 66.8 Å². The monoisotopic (exact) mass is 497 g/mol. The number of halogens is 1. The molecule has 5 rings (SSSR count). The minimum absolute atomic E-state index is 0.0159. The van der Waals surface area contributed by atoms with Crippen LogP contribution >= 0.6 is 27.3 Å². The molecule has 5 nitrogen and oxygen atoms in total. The van der Waals surface area contributed by atoms with Crippen molar-refractivity contribution in [3.8, 4) is 11.1 Å². The molecule has 2 atom stereocenters. The van der Waals surface area contributed by atoms with Crippen LogP contribution in [0.15, 0.2) is 63.8 Å². The number of amides is 1. The number of carboxylic acids is 1. The van der Waals surface area contributed by atoms with Crippen LogP contribution in [0.2, 0.25) is 0 Å². The number of carbonyl (C=O) groups excluding carboxylic acids is 1. The van der Waals surface area contributed by atoms with E-state index in [9.17, 15) is 14.7 Å². The lowest BCUT2D eigenvalue weighted by Crippen LogP contribution is -2.31. The Morgan fingerprint density at radius 1 is 1.06 bits per heavy atom. The van der Waals surface area contributed by atoms with Gasteiger partial charge < -0.3 is 14.7 Å². The number of thiophene rings is 1. The van der Waals surface area contributed by atoms with E-state index in [1.807, 2.05) is 35.7 Å². The second kappa shape index (κ2) is 8.13. The van der Waals surface area contributed by atoms with Crippen LogP contribution < -0.4 is 0 Å². The number of carboxylic acid groups (broad SMARTS) is 1. The molecule has 0 radical (unpaired) electrons. The van der Waals surface area contributed by atoms with Crippen LogP contribution in [0.25, 0.3) is 11.1 Å². The maximum absolute atomic E-state index is 12.9. The van der Waals surface area contributed by atoms with Crippen LogP contribution in [0.4, 0.5) is 4.79 Å². The van der Waals surface area contributed by atoms with Gasteiger partial charge in [-0.1, -0.05) is 48.5 Å². The van der Waals surface area contributed by atoms with Gasteiger partial charge in [0.1, 0.15) is 6.61 Å². The fraction of sp³-hybridized carbons (Fsp3) is 0.250. The Bertz CT molecular complexity index is 1110. The van der Waals surface area contributed by atoms with Gasteiger partial charge in [0.2, 0.25) is 0 Å². The second-order valence-electron chi connectivity index (χ2n) is 7.94. The summed E-state index contributed by atoms with van der Waals surface area (Å²) in [6, 6.07) is 18.3. The van der Waals surface area contributed by atoms with Crippen molar-refractivity contribution in [2.45, 2.75) is 11.8 Å². The Hall–Kier alpha value is -2.64. The van der Waals surface area contributed by atoms with Gasteiger partial charge in [0, 0.05) is 24.9 Å². The highest BCUT2D eigenvalue weighted by Gasteiger charge is 2.42. The summed E-state index contributed by atoms with van der Waals surface area (Å²) in [6.07, 6.45) is -0.454. The summed E-state index contributed by atoms with van der Waals surface area (Å²) >= 11 is 4.95. The minimum atomic E-state index is -0.888. The molecule has 1 aliphatic carbocycles. The van der Waals surface area contributed by atoms with Crippen molar-refractivity contribution in [3.05, 3.63) is 80.5 Å². The average Bonchev–Trinajstić information content (AvgIpc) is 3.47. The lowest BCUT2D eigenvalue weighted by atomic mass is 9.91. The Morgan fingerprint density at radius 3 is 2.29 bits per heavy atom. The molecular formula is C24H20BrNO4S. The Labute approximate surface area is 192 Å². The van der Waals surface area contributed by atoms with Gasteiger partial charge in [0.25, 0.3) is 0 Å². The van der Waals surface area contributed by atoms with E-state index < -0.39 is 18.0 Å². The van der Waals surface area contributed by atoms with Crippen molar-refractivity contribution in [3.63, 3.8) is 0 Å². The van der Waals surface area contributed by atoms with Crippen molar-refractivity contribution in [2.24, 2.45) is 5.92 Å². The first-order valence-corrected chi connectivity index (χ1v) is 11.8. The molecule has 2 heterocycles. The molecule has 0 bridgehead atoms. The van der Waals surface area contributed by atoms with Gasteiger partial charge >= 0.3 is 12.1 Å². The van der Waals surface area contributed by atoms with Gasteiger partial charge in [-0.25, -0.2) is 4.79 Å². The number of benzene rings is 2. The van der Waals surface area contributed by atoms with Crippen molar-refractivity contribution in [1.29, 1.82) is 0 Å². The maximum Gasteiger partial charge on any atom is 0.409 e. The molecule has 2 aromatic carbocycles. The molecule has 2 aliphatic rings. The van der Waals surface area contributed by atoms with Crippen LogP contribution in [0, 0.1) is 5.92 Å². The van der Waals surface area contributed by atoms with E-state index in [0.717, 1.165) is 20.5 Å². The van der Waals surface area contributed by atoms with Crippen molar-refractivity contribution >= 4 is 39.3 Å². The molecule has 3 aromatic rings. The van der Waals surface area contributed by atoms with E-state index >= 15 is 0 Å². The van der Waals surface area contributed by atoms with Gasteiger partial charge in [-0.05, 0) is 55.2 Å². The fourth-order valence-electron chi connectivity index (χ4n) is 4.74. The third-order valence-corrected chi connectivity index (χ3v) is 7.77. The quantitative estimate of drug-likeness (QED) is 0.512. The Balaban J connectivity index is 1.32.